The van der Waals surface area contributed by atoms with Gasteiger partial charge in [-0.1, -0.05) is 52.8 Å². The molecule has 210 valence electrons. The molecule has 2 aliphatic rings. The van der Waals surface area contributed by atoms with Gasteiger partial charge in [-0.15, -0.1) is 0 Å². The number of likely N-dealkylation sites (tertiary alicyclic amines) is 1. The summed E-state index contributed by atoms with van der Waals surface area (Å²) in [4.78, 5) is 2.72. The van der Waals surface area contributed by atoms with Crippen molar-refractivity contribution in [1.29, 1.82) is 0 Å². The van der Waals surface area contributed by atoms with Crippen molar-refractivity contribution < 1.29 is 21.9 Å². The van der Waals surface area contributed by atoms with E-state index < -0.39 is 0 Å². The first-order chi connectivity index (χ1) is 13.7. The lowest BCUT2D eigenvalue weighted by molar-refractivity contribution is 0.0119. The fourth-order valence-electron chi connectivity index (χ4n) is 5.20. The van der Waals surface area contributed by atoms with Crippen LogP contribution in [0, 0.1) is 23.2 Å². The molecule has 0 aromatic rings. The maximum absolute atomic E-state index is 6.22. The second kappa shape index (κ2) is 19.8. The molecule has 1 aliphatic heterocycles. The molecule has 0 radical (unpaired) electrons. The monoisotopic (exact) mass is 514 g/mol. The molecule has 0 amide bonds. The van der Waals surface area contributed by atoms with Crippen molar-refractivity contribution in [2.75, 3.05) is 39.4 Å². The Morgan fingerprint density at radius 3 is 2.18 bits per heavy atom. The molecule has 1 aliphatic carbocycles. The standard InChI is InChI=1S/C24H47ClN4.CH4.4H2O/c1-18(2)23(27-13-12-26-17-28-19(3)4)15-29-14-11-22(24(5,6)16-29)20-7-9-21(25)10-8-20;;;;;/h9,18-20,22-23,26-28H,7-8,10-17H2,1-6H3;1H4;4*1H2/t20?,22?,23-;;;;;/m0...../s1. The SMILES string of the molecule is C.CC(C)NCNCCN[C@@H](CN1CCC(C2CC=C(Cl)CC2)C(C)(C)C1)C(C)C.O.O.O.O. The van der Waals surface area contributed by atoms with E-state index in [1.165, 1.54) is 32.4 Å². The highest BCUT2D eigenvalue weighted by molar-refractivity contribution is 6.29. The fraction of sp³-hybridized carbons (Fsp3) is 0.920. The third-order valence-corrected chi connectivity index (χ3v) is 7.30. The van der Waals surface area contributed by atoms with E-state index in [2.05, 4.69) is 68.5 Å². The number of nitrogens with one attached hydrogen (secondary N) is 3. The summed E-state index contributed by atoms with van der Waals surface area (Å²) in [6.45, 7) is 20.6. The summed E-state index contributed by atoms with van der Waals surface area (Å²) in [5.41, 5.74) is 0.381. The minimum atomic E-state index is 0. The molecule has 0 bridgehead atoms. The molecule has 11 N–H and O–H groups in total. The summed E-state index contributed by atoms with van der Waals surface area (Å²) >= 11 is 6.22. The van der Waals surface area contributed by atoms with Crippen molar-refractivity contribution in [3.63, 3.8) is 0 Å². The van der Waals surface area contributed by atoms with Crippen LogP contribution in [-0.2, 0) is 0 Å². The summed E-state index contributed by atoms with van der Waals surface area (Å²) in [7, 11) is 0. The van der Waals surface area contributed by atoms with Gasteiger partial charge in [0.05, 0.1) is 0 Å². The van der Waals surface area contributed by atoms with Gasteiger partial charge in [-0.05, 0) is 69.2 Å². The first kappa shape index (κ1) is 40.9. The van der Waals surface area contributed by atoms with Crippen LogP contribution < -0.4 is 16.0 Å². The molecular weight excluding hydrogens is 456 g/mol. The number of rotatable bonds is 11. The summed E-state index contributed by atoms with van der Waals surface area (Å²) in [6, 6.07) is 1.09. The van der Waals surface area contributed by atoms with Crippen molar-refractivity contribution in [2.24, 2.45) is 23.2 Å². The number of halogens is 1. The van der Waals surface area contributed by atoms with E-state index in [0.29, 0.717) is 23.4 Å². The van der Waals surface area contributed by atoms with Gasteiger partial charge in [0.15, 0.2) is 0 Å². The Balaban J connectivity index is -0.000000900. The van der Waals surface area contributed by atoms with E-state index >= 15 is 0 Å². The van der Waals surface area contributed by atoms with Gasteiger partial charge in [0.2, 0.25) is 0 Å². The summed E-state index contributed by atoms with van der Waals surface area (Å²) in [5.74, 6) is 2.29. The normalized spacial score (nSPS) is 22.8. The molecule has 9 heteroatoms. The van der Waals surface area contributed by atoms with Gasteiger partial charge in [0.25, 0.3) is 0 Å². The van der Waals surface area contributed by atoms with E-state index in [4.69, 9.17) is 11.6 Å². The van der Waals surface area contributed by atoms with Crippen LogP contribution in [0.15, 0.2) is 11.1 Å². The topological polar surface area (TPSA) is 165 Å². The minimum Gasteiger partial charge on any atom is -0.412 e. The van der Waals surface area contributed by atoms with Crippen LogP contribution >= 0.6 is 11.6 Å². The maximum atomic E-state index is 6.22. The molecule has 3 atom stereocenters. The number of hydrogen-bond donors (Lipinski definition) is 3. The van der Waals surface area contributed by atoms with E-state index in [-0.39, 0.29) is 29.3 Å². The van der Waals surface area contributed by atoms with Crippen LogP contribution in [0.4, 0.5) is 0 Å². The highest BCUT2D eigenvalue weighted by Crippen LogP contribution is 2.44. The lowest BCUT2D eigenvalue weighted by Gasteiger charge is -2.49. The third kappa shape index (κ3) is 13.7. The Labute approximate surface area is 214 Å². The Hall–Kier alpha value is -0.290. The van der Waals surface area contributed by atoms with E-state index in [0.717, 1.165) is 49.6 Å². The molecule has 0 spiro atoms. The van der Waals surface area contributed by atoms with Gasteiger partial charge < -0.3 is 42.8 Å². The molecule has 0 aromatic heterocycles. The van der Waals surface area contributed by atoms with E-state index in [1.807, 2.05) is 0 Å². The molecule has 1 saturated heterocycles. The highest BCUT2D eigenvalue weighted by Gasteiger charge is 2.40. The highest BCUT2D eigenvalue weighted by atomic mass is 35.5. The second-order valence-corrected chi connectivity index (χ2v) is 11.1. The largest absolute Gasteiger partial charge is 0.412 e. The van der Waals surface area contributed by atoms with Crippen LogP contribution in [0.3, 0.4) is 0 Å². The lowest BCUT2D eigenvalue weighted by Crippen LogP contribution is -2.53. The molecule has 1 fully saturated rings. The summed E-state index contributed by atoms with van der Waals surface area (Å²) < 4.78 is 0. The van der Waals surface area contributed by atoms with Gasteiger partial charge in [0.1, 0.15) is 0 Å². The summed E-state index contributed by atoms with van der Waals surface area (Å²) in [6.07, 6.45) is 7.15. The maximum Gasteiger partial charge on any atom is 0.0456 e. The predicted molar refractivity (Wildman–Crippen MR) is 149 cm³/mol. The van der Waals surface area contributed by atoms with E-state index in [9.17, 15) is 0 Å². The summed E-state index contributed by atoms with van der Waals surface area (Å²) in [5, 5.41) is 11.8. The zero-order valence-electron chi connectivity index (χ0n) is 21.9. The number of hydrogen-bond acceptors (Lipinski definition) is 4. The zero-order valence-corrected chi connectivity index (χ0v) is 22.6. The molecule has 0 aromatic carbocycles. The lowest BCUT2D eigenvalue weighted by atomic mass is 9.65. The molecule has 2 unspecified atom stereocenters. The van der Waals surface area contributed by atoms with Crippen molar-refractivity contribution in [2.45, 2.75) is 86.7 Å². The molecular formula is C25H59ClN4O4. The zero-order chi connectivity index (χ0) is 21.4. The number of nitrogens with zero attached hydrogens (tertiary/aromatic N) is 1. The van der Waals surface area contributed by atoms with Crippen LogP contribution in [0.2, 0.25) is 0 Å². The minimum absolute atomic E-state index is 0. The van der Waals surface area contributed by atoms with Crippen molar-refractivity contribution >= 4 is 11.6 Å². The molecule has 0 saturated carbocycles. The van der Waals surface area contributed by atoms with Gasteiger partial charge in [0, 0.05) is 50.0 Å². The third-order valence-electron chi connectivity index (χ3n) is 6.96. The quantitative estimate of drug-likeness (QED) is 0.282. The Morgan fingerprint density at radius 2 is 1.68 bits per heavy atom. The Morgan fingerprint density at radius 1 is 1.03 bits per heavy atom. The molecule has 34 heavy (non-hydrogen) atoms. The first-order valence-electron chi connectivity index (χ1n) is 11.9. The fourth-order valence-corrected chi connectivity index (χ4v) is 5.40. The van der Waals surface area contributed by atoms with Crippen LogP contribution in [-0.4, -0.2) is 78.3 Å². The number of allylic oxidation sites excluding steroid dienone is 2. The van der Waals surface area contributed by atoms with Crippen LogP contribution in [0.5, 0.6) is 0 Å². The second-order valence-electron chi connectivity index (χ2n) is 10.6. The molecule has 2 rings (SSSR count). The van der Waals surface area contributed by atoms with Gasteiger partial charge in [-0.2, -0.15) is 0 Å². The molecule has 1 heterocycles. The van der Waals surface area contributed by atoms with Crippen molar-refractivity contribution in [1.82, 2.24) is 20.9 Å². The molecule has 8 nitrogen and oxygen atoms in total. The number of piperidine rings is 1. The van der Waals surface area contributed by atoms with Crippen LogP contribution in [0.25, 0.3) is 0 Å². The van der Waals surface area contributed by atoms with Gasteiger partial charge in [-0.25, -0.2) is 0 Å². The average molecular weight is 515 g/mol. The van der Waals surface area contributed by atoms with E-state index in [1.54, 1.807) is 0 Å². The smallest absolute Gasteiger partial charge is 0.0456 e. The first-order valence-corrected chi connectivity index (χ1v) is 12.3. The van der Waals surface area contributed by atoms with Crippen molar-refractivity contribution in [3.05, 3.63) is 11.1 Å². The van der Waals surface area contributed by atoms with Gasteiger partial charge in [-0.3, -0.25) is 0 Å². The van der Waals surface area contributed by atoms with Crippen LogP contribution in [0.1, 0.15) is 74.7 Å². The Bertz CT molecular complexity index is 521. The predicted octanol–water partition coefficient (Wildman–Crippen LogP) is 1.75. The van der Waals surface area contributed by atoms with Crippen molar-refractivity contribution in [3.8, 4) is 0 Å². The van der Waals surface area contributed by atoms with Gasteiger partial charge >= 0.3 is 0 Å². The Kier molecular flexibility index (Phi) is 23.9. The average Bonchev–Trinajstić information content (AvgIpc) is 2.63.